The van der Waals surface area contributed by atoms with Crippen LogP contribution in [-0.2, 0) is 10.1 Å². The zero-order valence-corrected chi connectivity index (χ0v) is 11.4. The fraction of sp³-hybridized carbons (Fsp3) is 0.200. The Labute approximate surface area is 114 Å². The van der Waals surface area contributed by atoms with Gasteiger partial charge in [-0.3, -0.25) is 4.55 Å². The number of rotatable bonds is 4. The van der Waals surface area contributed by atoms with Crippen LogP contribution in [-0.4, -0.2) is 13.0 Å². The molecule has 0 aromatic heterocycles. The molecule has 0 aliphatic heterocycles. The van der Waals surface area contributed by atoms with Crippen LogP contribution < -0.4 is 29.6 Å². The van der Waals surface area contributed by atoms with Crippen molar-refractivity contribution in [2.45, 2.75) is 11.7 Å². The molecular weight excluding hydrogens is 223 g/mol. The predicted molar refractivity (Wildman–Crippen MR) is 56.7 cm³/mol. The normalized spacial score (nSPS) is 12.6. The third-order valence-electron chi connectivity index (χ3n) is 1.91. The Morgan fingerprint density at radius 1 is 1.40 bits per heavy atom. The number of allylic oxidation sites excluding steroid dienone is 1. The maximum Gasteiger partial charge on any atom is 1.00 e. The second kappa shape index (κ2) is 6.45. The zero-order chi connectivity index (χ0) is 10.6. The van der Waals surface area contributed by atoms with Crippen molar-refractivity contribution in [3.63, 3.8) is 0 Å². The van der Waals surface area contributed by atoms with Gasteiger partial charge in [0.15, 0.2) is 0 Å². The quantitative estimate of drug-likeness (QED) is 0.427. The summed E-state index contributed by atoms with van der Waals surface area (Å²) >= 11 is 0. The molecule has 0 spiro atoms. The van der Waals surface area contributed by atoms with Crippen molar-refractivity contribution in [1.82, 2.24) is 0 Å². The molecule has 1 aromatic rings. The van der Waals surface area contributed by atoms with E-state index in [2.05, 4.69) is 6.58 Å². The summed E-state index contributed by atoms with van der Waals surface area (Å²) in [6.45, 7) is 3.46. The Kier molecular flexibility index (Phi) is 6.40. The summed E-state index contributed by atoms with van der Waals surface area (Å²) in [4.78, 5) is 0. The molecule has 0 amide bonds. The van der Waals surface area contributed by atoms with Gasteiger partial charge in [0.25, 0.3) is 10.1 Å². The van der Waals surface area contributed by atoms with Crippen molar-refractivity contribution in [2.75, 3.05) is 0 Å². The van der Waals surface area contributed by atoms with Gasteiger partial charge in [0.1, 0.15) is 5.25 Å². The SMILES string of the molecule is C=CCC(c1ccccc1)S(=O)(=O)O.[H-].[Na+]. The molecule has 78 valence electrons. The Morgan fingerprint density at radius 3 is 2.33 bits per heavy atom. The maximum atomic E-state index is 11.0. The summed E-state index contributed by atoms with van der Waals surface area (Å²) in [6.07, 6.45) is 1.69. The summed E-state index contributed by atoms with van der Waals surface area (Å²) in [7, 11) is -4.05. The topological polar surface area (TPSA) is 54.4 Å². The molecule has 1 atom stereocenters. The Morgan fingerprint density at radius 2 is 1.93 bits per heavy atom. The van der Waals surface area contributed by atoms with Gasteiger partial charge in [-0.2, -0.15) is 8.42 Å². The van der Waals surface area contributed by atoms with Crippen LogP contribution in [0.3, 0.4) is 0 Å². The molecule has 3 nitrogen and oxygen atoms in total. The molecule has 0 aliphatic rings. The van der Waals surface area contributed by atoms with Gasteiger partial charge in [0, 0.05) is 0 Å². The molecule has 0 bridgehead atoms. The first-order valence-corrected chi connectivity index (χ1v) is 5.68. The molecule has 0 fully saturated rings. The summed E-state index contributed by atoms with van der Waals surface area (Å²) in [6, 6.07) is 8.59. The molecule has 0 saturated carbocycles. The van der Waals surface area contributed by atoms with Crippen LogP contribution >= 0.6 is 0 Å². The van der Waals surface area contributed by atoms with Crippen LogP contribution in [0, 0.1) is 0 Å². The van der Waals surface area contributed by atoms with Gasteiger partial charge in [-0.05, 0) is 12.0 Å². The van der Waals surface area contributed by atoms with Crippen LogP contribution in [0.15, 0.2) is 43.0 Å². The largest absolute Gasteiger partial charge is 1.00 e. The van der Waals surface area contributed by atoms with Gasteiger partial charge >= 0.3 is 29.6 Å². The molecule has 0 radical (unpaired) electrons. The van der Waals surface area contributed by atoms with E-state index in [-0.39, 0.29) is 37.4 Å². The molecule has 1 aromatic carbocycles. The molecular formula is C10H13NaO3S. The molecule has 1 unspecified atom stereocenters. The van der Waals surface area contributed by atoms with Crippen molar-refractivity contribution in [3.05, 3.63) is 48.6 Å². The van der Waals surface area contributed by atoms with Crippen LogP contribution in [0.25, 0.3) is 0 Å². The summed E-state index contributed by atoms with van der Waals surface area (Å²) in [5.41, 5.74) is 0.579. The van der Waals surface area contributed by atoms with Crippen molar-refractivity contribution >= 4 is 10.1 Å². The molecule has 0 heterocycles. The average Bonchev–Trinajstić information content (AvgIpc) is 2.14. The minimum Gasteiger partial charge on any atom is -1.00 e. The van der Waals surface area contributed by atoms with E-state index in [0.717, 1.165) is 0 Å². The zero-order valence-electron chi connectivity index (χ0n) is 9.63. The summed E-state index contributed by atoms with van der Waals surface area (Å²) < 4.78 is 31.0. The van der Waals surface area contributed by atoms with E-state index >= 15 is 0 Å². The molecule has 1 rings (SSSR count). The standard InChI is InChI=1S/C10H12O3S.Na.H/c1-2-6-10(14(11,12)13)9-7-4-3-5-8-9;;/h2-5,7-8,10H,1,6H2,(H,11,12,13);;/q;+1;-1. The van der Waals surface area contributed by atoms with E-state index in [0.29, 0.717) is 5.56 Å². The Hall–Kier alpha value is -0.130. The fourth-order valence-corrected chi connectivity index (χ4v) is 2.13. The first kappa shape index (κ1) is 14.9. The molecule has 15 heavy (non-hydrogen) atoms. The number of benzene rings is 1. The van der Waals surface area contributed by atoms with Crippen LogP contribution in [0.5, 0.6) is 0 Å². The maximum absolute atomic E-state index is 11.0. The first-order chi connectivity index (χ1) is 6.55. The van der Waals surface area contributed by atoms with Gasteiger partial charge in [-0.15, -0.1) is 6.58 Å². The van der Waals surface area contributed by atoms with Crippen molar-refractivity contribution in [3.8, 4) is 0 Å². The average molecular weight is 236 g/mol. The summed E-state index contributed by atoms with van der Waals surface area (Å²) in [5, 5.41) is -0.902. The smallest absolute Gasteiger partial charge is 1.00 e. The molecule has 5 heteroatoms. The van der Waals surface area contributed by atoms with Crippen molar-refractivity contribution in [2.24, 2.45) is 0 Å². The van der Waals surface area contributed by atoms with E-state index in [1.54, 1.807) is 30.3 Å². The third-order valence-corrected chi connectivity index (χ3v) is 3.10. The fourth-order valence-electron chi connectivity index (χ4n) is 1.25. The van der Waals surface area contributed by atoms with Crippen LogP contribution in [0.1, 0.15) is 18.7 Å². The summed E-state index contributed by atoms with van der Waals surface area (Å²) in [5.74, 6) is 0. The minimum absolute atomic E-state index is 0. The van der Waals surface area contributed by atoms with Gasteiger partial charge in [0.2, 0.25) is 0 Å². The number of hydrogen-bond donors (Lipinski definition) is 1. The van der Waals surface area contributed by atoms with E-state index in [9.17, 15) is 8.42 Å². The van der Waals surface area contributed by atoms with Gasteiger partial charge in [-0.25, -0.2) is 0 Å². The monoisotopic (exact) mass is 236 g/mol. The second-order valence-corrected chi connectivity index (χ2v) is 4.54. The number of hydrogen-bond acceptors (Lipinski definition) is 2. The van der Waals surface area contributed by atoms with Crippen LogP contribution in [0.4, 0.5) is 0 Å². The molecule has 1 N–H and O–H groups in total. The third kappa shape index (κ3) is 4.49. The first-order valence-electron chi connectivity index (χ1n) is 4.18. The van der Waals surface area contributed by atoms with E-state index in [1.165, 1.54) is 6.08 Å². The van der Waals surface area contributed by atoms with Gasteiger partial charge < -0.3 is 1.43 Å². The Bertz CT molecular complexity index is 405. The molecule has 0 saturated heterocycles. The Balaban J connectivity index is 0. The van der Waals surface area contributed by atoms with E-state index < -0.39 is 15.4 Å². The van der Waals surface area contributed by atoms with Gasteiger partial charge in [0.05, 0.1) is 0 Å². The molecule has 0 aliphatic carbocycles. The van der Waals surface area contributed by atoms with Crippen molar-refractivity contribution in [1.29, 1.82) is 0 Å². The van der Waals surface area contributed by atoms with Gasteiger partial charge in [-0.1, -0.05) is 36.4 Å². The van der Waals surface area contributed by atoms with Crippen molar-refractivity contribution < 1.29 is 44.0 Å². The van der Waals surface area contributed by atoms with E-state index in [1.807, 2.05) is 0 Å². The second-order valence-electron chi connectivity index (χ2n) is 2.94. The predicted octanol–water partition coefficient (Wildman–Crippen LogP) is -0.692. The van der Waals surface area contributed by atoms with Crippen LogP contribution in [0.2, 0.25) is 0 Å². The minimum atomic E-state index is -4.05. The van der Waals surface area contributed by atoms with E-state index in [4.69, 9.17) is 4.55 Å².